The summed E-state index contributed by atoms with van der Waals surface area (Å²) in [6.07, 6.45) is 5.35. The maximum Gasteiger partial charge on any atom is 0.272 e. The predicted octanol–water partition coefficient (Wildman–Crippen LogP) is 3.02. The number of hydrogen-bond donors (Lipinski definition) is 1. The van der Waals surface area contributed by atoms with Crippen LogP contribution in [0.4, 0.5) is 16.0 Å². The Morgan fingerprint density at radius 2 is 1.86 bits per heavy atom. The van der Waals surface area contributed by atoms with Gasteiger partial charge in [0.1, 0.15) is 11.5 Å². The highest BCUT2D eigenvalue weighted by atomic mass is 19.1. The molecular weight excluding hydrogens is 373 g/mol. The first-order chi connectivity index (χ1) is 14.0. The van der Waals surface area contributed by atoms with Gasteiger partial charge in [-0.05, 0) is 30.7 Å². The molecule has 1 aliphatic heterocycles. The normalized spacial score (nSPS) is 14.1. The van der Waals surface area contributed by atoms with E-state index in [0.29, 0.717) is 36.1 Å². The first-order valence-electron chi connectivity index (χ1n) is 9.40. The summed E-state index contributed by atoms with van der Waals surface area (Å²) in [5.41, 5.74) is 3.06. The highest BCUT2D eigenvalue weighted by molar-refractivity contribution is 6.04. The Hall–Kier alpha value is -3.26. The second-order valence-corrected chi connectivity index (χ2v) is 7.01. The Kier molecular flexibility index (Phi) is 5.26. The van der Waals surface area contributed by atoms with Crippen molar-refractivity contribution in [3.05, 3.63) is 59.9 Å². The van der Waals surface area contributed by atoms with Crippen LogP contribution in [0.1, 0.15) is 16.1 Å². The van der Waals surface area contributed by atoms with Crippen LogP contribution < -0.4 is 10.2 Å². The molecule has 3 heterocycles. The summed E-state index contributed by atoms with van der Waals surface area (Å²) in [5.74, 6) is 0.00748. The number of amides is 1. The number of aromatic nitrogens is 3. The van der Waals surface area contributed by atoms with Gasteiger partial charge in [-0.3, -0.25) is 4.79 Å². The molecule has 8 heteroatoms. The predicted molar refractivity (Wildman–Crippen MR) is 109 cm³/mol. The number of ether oxygens (including phenoxy) is 1. The number of benzene rings is 1. The van der Waals surface area contributed by atoms with Crippen molar-refractivity contribution in [1.82, 2.24) is 14.5 Å². The van der Waals surface area contributed by atoms with Crippen LogP contribution in [0, 0.1) is 12.7 Å². The van der Waals surface area contributed by atoms with E-state index in [1.165, 1.54) is 6.07 Å². The van der Waals surface area contributed by atoms with Gasteiger partial charge in [-0.15, -0.1) is 0 Å². The molecule has 1 amide bonds. The van der Waals surface area contributed by atoms with E-state index in [1.807, 2.05) is 6.20 Å². The molecule has 2 aromatic heterocycles. The molecule has 4 rings (SSSR count). The highest BCUT2D eigenvalue weighted by Gasteiger charge is 2.16. The summed E-state index contributed by atoms with van der Waals surface area (Å²) in [4.78, 5) is 23.6. The number of nitrogens with zero attached hydrogens (tertiary/aromatic N) is 4. The molecule has 0 atom stereocenters. The van der Waals surface area contributed by atoms with E-state index in [1.54, 1.807) is 49.1 Å². The van der Waals surface area contributed by atoms with E-state index in [-0.39, 0.29) is 11.7 Å². The lowest BCUT2D eigenvalue weighted by atomic mass is 10.2. The molecule has 0 spiro atoms. The Morgan fingerprint density at radius 1 is 1.14 bits per heavy atom. The lowest BCUT2D eigenvalue weighted by Gasteiger charge is -2.26. The number of carbonyl (C=O) groups is 1. The Balaban J connectivity index is 1.51. The third-order valence-corrected chi connectivity index (χ3v) is 4.93. The minimum Gasteiger partial charge on any atom is -0.378 e. The molecule has 7 nitrogen and oxygen atoms in total. The van der Waals surface area contributed by atoms with E-state index in [2.05, 4.69) is 20.2 Å². The van der Waals surface area contributed by atoms with Crippen molar-refractivity contribution in [2.75, 3.05) is 36.5 Å². The first-order valence-corrected chi connectivity index (χ1v) is 9.40. The minimum atomic E-state index is -0.354. The van der Waals surface area contributed by atoms with Gasteiger partial charge in [0.25, 0.3) is 5.91 Å². The third-order valence-electron chi connectivity index (χ3n) is 4.93. The fourth-order valence-electron chi connectivity index (χ4n) is 3.21. The SMILES string of the molecule is Cc1ccc(NC(=O)c2cc(-c3cnc(N4CCOCC4)nc3)cn2C)cc1F. The topological polar surface area (TPSA) is 72.3 Å². The van der Waals surface area contributed by atoms with Gasteiger partial charge in [0.15, 0.2) is 0 Å². The number of rotatable bonds is 4. The quantitative estimate of drug-likeness (QED) is 0.735. The van der Waals surface area contributed by atoms with Crippen LogP contribution in [0.2, 0.25) is 0 Å². The van der Waals surface area contributed by atoms with Crippen LogP contribution in [0.25, 0.3) is 11.1 Å². The molecule has 0 bridgehead atoms. The first kappa shape index (κ1) is 19.1. The van der Waals surface area contributed by atoms with Crippen molar-refractivity contribution in [3.63, 3.8) is 0 Å². The molecular formula is C21H22FN5O2. The maximum atomic E-state index is 13.7. The number of hydrogen-bond acceptors (Lipinski definition) is 5. The summed E-state index contributed by atoms with van der Waals surface area (Å²) in [5, 5.41) is 2.73. The largest absolute Gasteiger partial charge is 0.378 e. The van der Waals surface area contributed by atoms with Gasteiger partial charge in [0.05, 0.1) is 13.2 Å². The maximum absolute atomic E-state index is 13.7. The number of anilines is 2. The van der Waals surface area contributed by atoms with Crippen molar-refractivity contribution < 1.29 is 13.9 Å². The Labute approximate surface area is 168 Å². The fraction of sp³-hybridized carbons (Fsp3) is 0.286. The Bertz CT molecular complexity index is 1030. The molecule has 0 aliphatic carbocycles. The van der Waals surface area contributed by atoms with Gasteiger partial charge in [-0.2, -0.15) is 0 Å². The molecule has 150 valence electrons. The van der Waals surface area contributed by atoms with Crippen molar-refractivity contribution in [1.29, 1.82) is 0 Å². The standard InChI is InChI=1S/C21H22FN5O2/c1-14-3-4-17(10-18(14)22)25-20(28)19-9-15(13-26(19)2)16-11-23-21(24-12-16)27-5-7-29-8-6-27/h3-4,9-13H,5-8H2,1-2H3,(H,25,28). The number of aryl methyl sites for hydroxylation is 2. The average molecular weight is 395 g/mol. The molecule has 29 heavy (non-hydrogen) atoms. The van der Waals surface area contributed by atoms with E-state index < -0.39 is 0 Å². The molecule has 1 aromatic carbocycles. The Morgan fingerprint density at radius 3 is 2.55 bits per heavy atom. The molecule has 0 unspecified atom stereocenters. The summed E-state index contributed by atoms with van der Waals surface area (Å²) in [7, 11) is 1.79. The molecule has 1 saturated heterocycles. The van der Waals surface area contributed by atoms with Gasteiger partial charge >= 0.3 is 0 Å². The van der Waals surface area contributed by atoms with Gasteiger partial charge in [0.2, 0.25) is 5.95 Å². The number of carbonyl (C=O) groups excluding carboxylic acids is 1. The van der Waals surface area contributed by atoms with Crippen LogP contribution in [0.15, 0.2) is 42.9 Å². The second kappa shape index (κ2) is 8.00. The van der Waals surface area contributed by atoms with Gasteiger partial charge in [0, 0.05) is 55.5 Å². The minimum absolute atomic E-state index is 0.312. The summed E-state index contributed by atoms with van der Waals surface area (Å²) in [6.45, 7) is 4.57. The van der Waals surface area contributed by atoms with Crippen molar-refractivity contribution in [2.45, 2.75) is 6.92 Å². The van der Waals surface area contributed by atoms with Crippen molar-refractivity contribution in [2.24, 2.45) is 7.05 Å². The zero-order chi connectivity index (χ0) is 20.4. The zero-order valence-electron chi connectivity index (χ0n) is 16.4. The fourth-order valence-corrected chi connectivity index (χ4v) is 3.21. The van der Waals surface area contributed by atoms with E-state index >= 15 is 0 Å². The van der Waals surface area contributed by atoms with Gasteiger partial charge in [-0.25, -0.2) is 14.4 Å². The zero-order valence-corrected chi connectivity index (χ0v) is 16.4. The van der Waals surface area contributed by atoms with Crippen LogP contribution >= 0.6 is 0 Å². The van der Waals surface area contributed by atoms with Gasteiger partial charge < -0.3 is 19.5 Å². The average Bonchev–Trinajstić information content (AvgIpc) is 3.13. The molecule has 1 fully saturated rings. The summed E-state index contributed by atoms with van der Waals surface area (Å²) in [6, 6.07) is 6.40. The molecule has 0 saturated carbocycles. The van der Waals surface area contributed by atoms with E-state index in [0.717, 1.165) is 24.2 Å². The lowest BCUT2D eigenvalue weighted by Crippen LogP contribution is -2.37. The molecule has 0 radical (unpaired) electrons. The van der Waals surface area contributed by atoms with Crippen LogP contribution in [0.3, 0.4) is 0 Å². The molecule has 3 aromatic rings. The third kappa shape index (κ3) is 4.12. The summed E-state index contributed by atoms with van der Waals surface area (Å²) >= 11 is 0. The van der Waals surface area contributed by atoms with Crippen molar-refractivity contribution >= 4 is 17.5 Å². The number of nitrogens with one attached hydrogen (secondary N) is 1. The molecule has 1 N–H and O–H groups in total. The van der Waals surface area contributed by atoms with E-state index in [9.17, 15) is 9.18 Å². The number of halogens is 1. The summed E-state index contributed by atoms with van der Waals surface area (Å²) < 4.78 is 20.8. The lowest BCUT2D eigenvalue weighted by molar-refractivity contribution is 0.101. The van der Waals surface area contributed by atoms with E-state index in [4.69, 9.17) is 4.74 Å². The smallest absolute Gasteiger partial charge is 0.272 e. The van der Waals surface area contributed by atoms with Crippen LogP contribution in [0.5, 0.6) is 0 Å². The van der Waals surface area contributed by atoms with Crippen molar-refractivity contribution in [3.8, 4) is 11.1 Å². The van der Waals surface area contributed by atoms with Gasteiger partial charge in [-0.1, -0.05) is 6.07 Å². The number of morpholine rings is 1. The van der Waals surface area contributed by atoms with Crippen LogP contribution in [-0.4, -0.2) is 46.7 Å². The monoisotopic (exact) mass is 395 g/mol. The molecule has 1 aliphatic rings. The second-order valence-electron chi connectivity index (χ2n) is 7.01. The highest BCUT2D eigenvalue weighted by Crippen LogP contribution is 2.23. The van der Waals surface area contributed by atoms with Crippen LogP contribution in [-0.2, 0) is 11.8 Å².